The molecule has 0 aliphatic heterocycles. The highest BCUT2D eigenvalue weighted by atomic mass is 19.1. The third-order valence-electron chi connectivity index (χ3n) is 7.10. The lowest BCUT2D eigenvalue weighted by Gasteiger charge is -2.32. The average molecular weight is 549 g/mol. The Hall–Kier alpha value is -3.64. The average Bonchev–Trinajstić information content (AvgIpc) is 3.74. The van der Waals surface area contributed by atoms with Gasteiger partial charge in [-0.3, -0.25) is 4.79 Å². The van der Waals surface area contributed by atoms with Crippen molar-refractivity contribution in [3.63, 3.8) is 0 Å². The number of methoxy groups -OCH3 is 2. The van der Waals surface area contributed by atoms with Crippen LogP contribution < -0.4 is 9.47 Å². The smallest absolute Gasteiger partial charge is 0.303 e. The van der Waals surface area contributed by atoms with E-state index in [1.165, 1.54) is 18.9 Å². The Morgan fingerprint density at radius 1 is 1.05 bits per heavy atom. The van der Waals surface area contributed by atoms with E-state index in [-0.39, 0.29) is 18.8 Å². The van der Waals surface area contributed by atoms with E-state index in [0.717, 1.165) is 22.6 Å². The van der Waals surface area contributed by atoms with Gasteiger partial charge < -0.3 is 19.3 Å². The van der Waals surface area contributed by atoms with Crippen LogP contribution >= 0.6 is 0 Å². The van der Waals surface area contributed by atoms with Crippen LogP contribution in [0.15, 0.2) is 73.3 Å². The predicted octanol–water partition coefficient (Wildman–Crippen LogP) is 8.41. The van der Waals surface area contributed by atoms with Gasteiger partial charge in [-0.1, -0.05) is 64.0 Å². The van der Waals surface area contributed by atoms with Gasteiger partial charge >= 0.3 is 5.97 Å². The molecular weight excluding hydrogens is 507 g/mol. The molecule has 4 rings (SSSR count). The minimum Gasteiger partial charge on any atom is -0.497 e. The van der Waals surface area contributed by atoms with E-state index in [2.05, 4.69) is 13.5 Å². The summed E-state index contributed by atoms with van der Waals surface area (Å²) in [5.74, 6) is 1.10. The summed E-state index contributed by atoms with van der Waals surface area (Å²) >= 11 is 0. The molecule has 1 N–H and O–H groups in total. The summed E-state index contributed by atoms with van der Waals surface area (Å²) in [6.45, 7) is 10.6. The normalized spacial score (nSPS) is 13.6. The molecule has 214 valence electrons. The van der Waals surface area contributed by atoms with E-state index in [1.807, 2.05) is 62.4 Å². The van der Waals surface area contributed by atoms with Gasteiger partial charge in [0, 0.05) is 24.5 Å². The van der Waals surface area contributed by atoms with Crippen LogP contribution in [0.5, 0.6) is 11.5 Å². The first-order chi connectivity index (χ1) is 19.1. The van der Waals surface area contributed by atoms with Crippen LogP contribution in [0, 0.1) is 17.2 Å². The Morgan fingerprint density at radius 3 is 2.38 bits per heavy atom. The zero-order valence-corrected chi connectivity index (χ0v) is 24.2. The number of halogens is 1. The van der Waals surface area contributed by atoms with Crippen molar-refractivity contribution in [3.8, 4) is 22.6 Å². The highest BCUT2D eigenvalue weighted by molar-refractivity contribution is 5.71. The number of hydrogen-bond acceptors (Lipinski definition) is 4. The molecule has 0 heterocycles. The van der Waals surface area contributed by atoms with E-state index in [0.29, 0.717) is 29.0 Å². The molecule has 6 heteroatoms. The summed E-state index contributed by atoms with van der Waals surface area (Å²) in [5.41, 5.74) is 3.28. The molecule has 1 aliphatic carbocycles. The maximum atomic E-state index is 15.0. The van der Waals surface area contributed by atoms with Crippen LogP contribution in [0.2, 0.25) is 0 Å². The molecule has 3 aromatic carbocycles. The number of carboxylic acid groups (broad SMARTS) is 1. The number of ether oxygens (including phenoxy) is 3. The van der Waals surface area contributed by atoms with Gasteiger partial charge in [0.25, 0.3) is 0 Å². The minimum atomic E-state index is -0.837. The molecule has 1 atom stereocenters. The van der Waals surface area contributed by atoms with Crippen LogP contribution in [0.1, 0.15) is 62.8 Å². The molecule has 1 aliphatic rings. The fourth-order valence-corrected chi connectivity index (χ4v) is 4.32. The maximum Gasteiger partial charge on any atom is 0.303 e. The molecule has 1 saturated carbocycles. The van der Waals surface area contributed by atoms with E-state index in [1.54, 1.807) is 26.4 Å². The fraction of sp³-hybridized carbons (Fsp3) is 0.382. The van der Waals surface area contributed by atoms with Gasteiger partial charge in [-0.25, -0.2) is 4.39 Å². The second-order valence-corrected chi connectivity index (χ2v) is 10.9. The number of hydrogen-bond donors (Lipinski definition) is 1. The fourth-order valence-electron chi connectivity index (χ4n) is 4.32. The number of benzene rings is 3. The standard InChI is InChI=1S/C30H33FO5.C4H8/c1-6-30(2,3)29(35-5)26-17-21(10-13-24(26)25-18-22(34-4)12-14-27(25)31)19-36-23-9-7-8-20(16-23)11-15-28(32)33;1-4-2-3-4/h6-10,12-14,16-18,29H,1,11,15,19H2,2-5H3,(H,32,33);4H,2-3H2,1H3. The molecule has 0 bridgehead atoms. The lowest BCUT2D eigenvalue weighted by atomic mass is 9.79. The molecule has 0 radical (unpaired) electrons. The highest BCUT2D eigenvalue weighted by Crippen LogP contribution is 2.43. The second kappa shape index (κ2) is 14.1. The Labute approximate surface area is 237 Å². The largest absolute Gasteiger partial charge is 0.497 e. The minimum absolute atomic E-state index is 0.0621. The third-order valence-corrected chi connectivity index (χ3v) is 7.10. The first-order valence-electron chi connectivity index (χ1n) is 13.6. The van der Waals surface area contributed by atoms with Crippen molar-refractivity contribution in [1.82, 2.24) is 0 Å². The summed E-state index contributed by atoms with van der Waals surface area (Å²) in [6, 6.07) is 17.8. The van der Waals surface area contributed by atoms with E-state index in [4.69, 9.17) is 19.3 Å². The highest BCUT2D eigenvalue weighted by Gasteiger charge is 2.31. The number of carbonyl (C=O) groups is 1. The van der Waals surface area contributed by atoms with Gasteiger partial charge in [0.1, 0.15) is 23.9 Å². The monoisotopic (exact) mass is 548 g/mol. The van der Waals surface area contributed by atoms with Crippen molar-refractivity contribution in [3.05, 3.63) is 95.8 Å². The Morgan fingerprint density at radius 2 is 1.77 bits per heavy atom. The van der Waals surface area contributed by atoms with Gasteiger partial charge in [0.05, 0.1) is 13.2 Å². The van der Waals surface area contributed by atoms with Gasteiger partial charge in [0.2, 0.25) is 0 Å². The maximum absolute atomic E-state index is 15.0. The summed E-state index contributed by atoms with van der Waals surface area (Å²) in [7, 11) is 3.18. The molecule has 5 nitrogen and oxygen atoms in total. The topological polar surface area (TPSA) is 65.0 Å². The summed E-state index contributed by atoms with van der Waals surface area (Å²) in [6.07, 6.45) is 4.91. The summed E-state index contributed by atoms with van der Waals surface area (Å²) in [4.78, 5) is 10.9. The van der Waals surface area contributed by atoms with Crippen molar-refractivity contribution < 1.29 is 28.5 Å². The van der Waals surface area contributed by atoms with Crippen LogP contribution in [-0.4, -0.2) is 25.3 Å². The van der Waals surface area contributed by atoms with Crippen molar-refractivity contribution in [2.24, 2.45) is 11.3 Å². The lowest BCUT2D eigenvalue weighted by molar-refractivity contribution is -0.136. The number of rotatable bonds is 12. The molecule has 0 amide bonds. The second-order valence-electron chi connectivity index (χ2n) is 10.9. The number of carboxylic acids is 1. The predicted molar refractivity (Wildman–Crippen MR) is 157 cm³/mol. The molecule has 1 fully saturated rings. The zero-order chi connectivity index (χ0) is 29.3. The lowest BCUT2D eigenvalue weighted by Crippen LogP contribution is -2.22. The SMILES string of the molecule is C=CC(C)(C)C(OC)c1cc(COc2cccc(CCC(=O)O)c2)ccc1-c1cc(OC)ccc1F.CC1CC1. The summed E-state index contributed by atoms with van der Waals surface area (Å²) in [5, 5.41) is 8.94. The van der Waals surface area contributed by atoms with E-state index >= 15 is 0 Å². The van der Waals surface area contributed by atoms with Crippen LogP contribution in [0.3, 0.4) is 0 Å². The molecule has 3 aromatic rings. The Kier molecular flexibility index (Phi) is 10.9. The van der Waals surface area contributed by atoms with Gasteiger partial charge in [0.15, 0.2) is 0 Å². The Balaban J connectivity index is 0.00000101. The van der Waals surface area contributed by atoms with Crippen molar-refractivity contribution in [1.29, 1.82) is 0 Å². The van der Waals surface area contributed by atoms with Gasteiger partial charge in [-0.05, 0) is 71.0 Å². The van der Waals surface area contributed by atoms with Gasteiger partial charge in [-0.2, -0.15) is 0 Å². The first kappa shape index (κ1) is 30.9. The molecule has 0 saturated heterocycles. The van der Waals surface area contributed by atoms with Crippen molar-refractivity contribution in [2.75, 3.05) is 14.2 Å². The molecule has 40 heavy (non-hydrogen) atoms. The molecular formula is C34H41FO5. The van der Waals surface area contributed by atoms with E-state index < -0.39 is 17.5 Å². The summed E-state index contributed by atoms with van der Waals surface area (Å²) < 4.78 is 32.2. The Bertz CT molecular complexity index is 1300. The quantitative estimate of drug-likeness (QED) is 0.230. The van der Waals surface area contributed by atoms with E-state index in [9.17, 15) is 9.18 Å². The van der Waals surface area contributed by atoms with Crippen LogP contribution in [0.25, 0.3) is 11.1 Å². The first-order valence-corrected chi connectivity index (χ1v) is 13.6. The van der Waals surface area contributed by atoms with Crippen LogP contribution in [-0.2, 0) is 22.6 Å². The molecule has 0 spiro atoms. The molecule has 0 aromatic heterocycles. The third kappa shape index (κ3) is 8.68. The zero-order valence-electron chi connectivity index (χ0n) is 24.2. The number of aliphatic carboxylic acids is 1. The van der Waals surface area contributed by atoms with Crippen molar-refractivity contribution in [2.45, 2.75) is 59.2 Å². The van der Waals surface area contributed by atoms with Crippen molar-refractivity contribution >= 4 is 5.97 Å². The molecule has 1 unspecified atom stereocenters. The van der Waals surface area contributed by atoms with Gasteiger partial charge in [-0.15, -0.1) is 6.58 Å². The number of aryl methyl sites for hydroxylation is 1. The van der Waals surface area contributed by atoms with Crippen LogP contribution in [0.4, 0.5) is 4.39 Å².